The maximum Gasteiger partial charge on any atom is 0.265 e. The molecular formula is C23H27N3O. The predicted molar refractivity (Wildman–Crippen MR) is 110 cm³/mol. The van der Waals surface area contributed by atoms with Gasteiger partial charge in [-0.1, -0.05) is 50.6 Å². The molecule has 1 aromatic carbocycles. The zero-order valence-electron chi connectivity index (χ0n) is 16.5. The fourth-order valence-electron chi connectivity index (χ4n) is 4.27. The van der Waals surface area contributed by atoms with E-state index in [0.717, 1.165) is 52.7 Å². The molecule has 4 rings (SSSR count). The number of primary amides is 1. The highest BCUT2D eigenvalue weighted by molar-refractivity contribution is 6.08. The third kappa shape index (κ3) is 3.14. The van der Waals surface area contributed by atoms with E-state index in [2.05, 4.69) is 37.9 Å². The van der Waals surface area contributed by atoms with Crippen LogP contribution in [0.15, 0.2) is 30.3 Å². The minimum Gasteiger partial charge on any atom is -0.364 e. The third-order valence-corrected chi connectivity index (χ3v) is 5.91. The molecule has 0 saturated heterocycles. The van der Waals surface area contributed by atoms with Gasteiger partial charge in [-0.2, -0.15) is 0 Å². The van der Waals surface area contributed by atoms with E-state index in [-0.39, 0.29) is 5.41 Å². The number of carbonyl (C=O) groups is 1. The number of hydrogen-bond donors (Lipinski definition) is 2. The summed E-state index contributed by atoms with van der Waals surface area (Å²) in [6, 6.07) is 10.3. The van der Waals surface area contributed by atoms with Crippen LogP contribution in [-0.4, -0.2) is 15.9 Å². The number of aromatic nitrogens is 2. The van der Waals surface area contributed by atoms with Crippen LogP contribution in [0.4, 0.5) is 0 Å². The molecule has 4 nitrogen and oxygen atoms in total. The number of H-pyrrole nitrogens is 1. The molecule has 3 N–H and O–H groups in total. The summed E-state index contributed by atoms with van der Waals surface area (Å²) in [5, 5.41) is 0. The van der Waals surface area contributed by atoms with Gasteiger partial charge >= 0.3 is 0 Å². The number of carbonyl (C=O) groups excluding carboxylic acids is 1. The fourth-order valence-corrected chi connectivity index (χ4v) is 4.27. The number of nitrogens with two attached hydrogens (primary N) is 1. The van der Waals surface area contributed by atoms with E-state index in [4.69, 9.17) is 10.7 Å². The smallest absolute Gasteiger partial charge is 0.265 e. The van der Waals surface area contributed by atoms with E-state index < -0.39 is 5.91 Å². The van der Waals surface area contributed by atoms with Gasteiger partial charge in [-0.15, -0.1) is 0 Å². The molecule has 0 fully saturated rings. The van der Waals surface area contributed by atoms with Crippen LogP contribution in [0.2, 0.25) is 0 Å². The summed E-state index contributed by atoms with van der Waals surface area (Å²) in [5.74, 6) is 0.195. The zero-order chi connectivity index (χ0) is 19.3. The maximum absolute atomic E-state index is 12.1. The molecule has 1 aliphatic rings. The van der Waals surface area contributed by atoms with E-state index >= 15 is 0 Å². The first-order valence-electron chi connectivity index (χ1n) is 9.65. The molecule has 0 saturated carbocycles. The Bertz CT molecular complexity index is 1040. The van der Waals surface area contributed by atoms with Crippen LogP contribution in [0.25, 0.3) is 22.2 Å². The van der Waals surface area contributed by atoms with Crippen LogP contribution < -0.4 is 5.73 Å². The Hall–Kier alpha value is -2.62. The molecule has 140 valence electrons. The number of fused-ring (bicyclic) bond motifs is 2. The lowest BCUT2D eigenvalue weighted by atomic mass is 9.71. The quantitative estimate of drug-likeness (QED) is 0.689. The summed E-state index contributed by atoms with van der Waals surface area (Å²) < 4.78 is 0. The third-order valence-electron chi connectivity index (χ3n) is 5.91. The molecular weight excluding hydrogens is 334 g/mol. The van der Waals surface area contributed by atoms with Gasteiger partial charge in [0.05, 0.1) is 11.0 Å². The van der Waals surface area contributed by atoms with Crippen molar-refractivity contribution < 1.29 is 4.79 Å². The number of hydrogen-bond acceptors (Lipinski definition) is 2. The Labute approximate surface area is 160 Å². The van der Waals surface area contributed by atoms with Crippen molar-refractivity contribution in [3.8, 4) is 11.1 Å². The van der Waals surface area contributed by atoms with Crippen molar-refractivity contribution in [1.29, 1.82) is 0 Å². The average Bonchev–Trinajstić information content (AvgIpc) is 2.97. The fraction of sp³-hybridized carbons (Fsp3) is 0.391. The average molecular weight is 361 g/mol. The van der Waals surface area contributed by atoms with Crippen molar-refractivity contribution in [2.45, 2.75) is 47.0 Å². The van der Waals surface area contributed by atoms with Gasteiger partial charge in [0.25, 0.3) is 5.91 Å². The first-order valence-corrected chi connectivity index (χ1v) is 9.65. The summed E-state index contributed by atoms with van der Waals surface area (Å²) in [7, 11) is 0. The number of nitrogens with one attached hydrogen (secondary N) is 1. The lowest BCUT2D eigenvalue weighted by Gasteiger charge is -2.34. The SMILES string of the molecule is Cc1cccc(-c2c(C(N)=O)[nH]c3cc4c(nc23)CCC(C(C)(C)C)C4)c1. The maximum atomic E-state index is 12.1. The number of pyridine rings is 1. The minimum absolute atomic E-state index is 0.285. The largest absolute Gasteiger partial charge is 0.364 e. The molecule has 3 aromatic rings. The first-order chi connectivity index (χ1) is 12.7. The zero-order valence-corrected chi connectivity index (χ0v) is 16.5. The van der Waals surface area contributed by atoms with Gasteiger partial charge in [-0.3, -0.25) is 9.78 Å². The topological polar surface area (TPSA) is 71.8 Å². The summed E-state index contributed by atoms with van der Waals surface area (Å²) in [5.41, 5.74) is 13.6. The monoisotopic (exact) mass is 361 g/mol. The van der Waals surface area contributed by atoms with Gasteiger partial charge < -0.3 is 10.7 Å². The van der Waals surface area contributed by atoms with Crippen molar-refractivity contribution in [3.05, 3.63) is 52.8 Å². The van der Waals surface area contributed by atoms with Crippen LogP contribution in [0, 0.1) is 18.3 Å². The number of amides is 1. The van der Waals surface area contributed by atoms with Gasteiger partial charge in [0.1, 0.15) is 5.69 Å². The highest BCUT2D eigenvalue weighted by atomic mass is 16.1. The minimum atomic E-state index is -0.449. The van der Waals surface area contributed by atoms with E-state index in [1.807, 2.05) is 25.1 Å². The second kappa shape index (κ2) is 6.22. The molecule has 1 amide bonds. The van der Waals surface area contributed by atoms with Gasteiger partial charge in [0, 0.05) is 11.3 Å². The van der Waals surface area contributed by atoms with Crippen LogP contribution in [0.1, 0.15) is 54.5 Å². The molecule has 27 heavy (non-hydrogen) atoms. The highest BCUT2D eigenvalue weighted by Gasteiger charge is 2.30. The van der Waals surface area contributed by atoms with Crippen molar-refractivity contribution in [1.82, 2.24) is 9.97 Å². The summed E-state index contributed by atoms with van der Waals surface area (Å²) in [6.45, 7) is 8.98. The number of nitrogens with zero attached hydrogens (tertiary/aromatic N) is 1. The summed E-state index contributed by atoms with van der Waals surface area (Å²) >= 11 is 0. The van der Waals surface area contributed by atoms with Crippen molar-refractivity contribution in [3.63, 3.8) is 0 Å². The highest BCUT2D eigenvalue weighted by Crippen LogP contribution is 2.39. The molecule has 1 atom stereocenters. The van der Waals surface area contributed by atoms with Crippen molar-refractivity contribution in [2.75, 3.05) is 0 Å². The van der Waals surface area contributed by atoms with Gasteiger partial charge in [0.15, 0.2) is 0 Å². The Balaban J connectivity index is 1.90. The Morgan fingerprint density at radius 1 is 1.26 bits per heavy atom. The normalized spacial score (nSPS) is 17.1. The summed E-state index contributed by atoms with van der Waals surface area (Å²) in [4.78, 5) is 20.4. The predicted octanol–water partition coefficient (Wildman–Crippen LogP) is 4.79. The number of benzene rings is 1. The van der Waals surface area contributed by atoms with Crippen LogP contribution >= 0.6 is 0 Å². The molecule has 2 heterocycles. The lowest BCUT2D eigenvalue weighted by Crippen LogP contribution is -2.27. The Morgan fingerprint density at radius 2 is 2.04 bits per heavy atom. The van der Waals surface area contributed by atoms with Crippen molar-refractivity contribution in [2.24, 2.45) is 17.1 Å². The van der Waals surface area contributed by atoms with Crippen molar-refractivity contribution >= 4 is 16.9 Å². The van der Waals surface area contributed by atoms with Gasteiger partial charge in [-0.25, -0.2) is 0 Å². The molecule has 0 radical (unpaired) electrons. The summed E-state index contributed by atoms with van der Waals surface area (Å²) in [6.07, 6.45) is 3.17. The van der Waals surface area contributed by atoms with Crippen LogP contribution in [0.5, 0.6) is 0 Å². The lowest BCUT2D eigenvalue weighted by molar-refractivity contribution is 0.0997. The van der Waals surface area contributed by atoms with E-state index in [1.165, 1.54) is 5.56 Å². The van der Waals surface area contributed by atoms with E-state index in [0.29, 0.717) is 11.6 Å². The first kappa shape index (κ1) is 17.8. The second-order valence-corrected chi connectivity index (χ2v) is 8.90. The molecule has 1 unspecified atom stereocenters. The number of aryl methyl sites for hydroxylation is 2. The van der Waals surface area contributed by atoms with E-state index in [9.17, 15) is 4.79 Å². The Morgan fingerprint density at radius 3 is 2.70 bits per heavy atom. The molecule has 0 bridgehead atoms. The molecule has 4 heteroatoms. The Kier molecular flexibility index (Phi) is 4.10. The van der Waals surface area contributed by atoms with Crippen LogP contribution in [-0.2, 0) is 12.8 Å². The molecule has 2 aromatic heterocycles. The number of rotatable bonds is 2. The van der Waals surface area contributed by atoms with E-state index in [1.54, 1.807) is 0 Å². The number of aromatic amines is 1. The molecule has 1 aliphatic carbocycles. The molecule has 0 aliphatic heterocycles. The van der Waals surface area contributed by atoms with Gasteiger partial charge in [0.2, 0.25) is 0 Å². The van der Waals surface area contributed by atoms with Gasteiger partial charge in [-0.05, 0) is 54.7 Å². The second-order valence-electron chi connectivity index (χ2n) is 8.90. The van der Waals surface area contributed by atoms with Crippen LogP contribution in [0.3, 0.4) is 0 Å². The molecule has 0 spiro atoms. The standard InChI is InChI=1S/C23H27N3O/c1-13-6-5-7-14(10-13)19-20-18(26-21(19)22(24)27)12-15-11-16(23(2,3)4)8-9-17(15)25-20/h5-7,10,12,16,26H,8-9,11H2,1-4H3,(H2,24,27).